The second-order valence-electron chi connectivity index (χ2n) is 6.04. The van der Waals surface area contributed by atoms with Gasteiger partial charge < -0.3 is 9.57 Å². The maximum atomic E-state index is 10.8. The Labute approximate surface area is 184 Å². The normalized spacial score (nSPS) is 10.8. The van der Waals surface area contributed by atoms with Gasteiger partial charge in [-0.25, -0.2) is 0 Å². The standard InChI is InChI=1S/C21H16Br2N2O4/c22-18-7-4-15(5-8-18)13-28-21-9-6-16(11-20(21)23)12-24-29-14-17-2-1-3-19(10-17)25(26)27/h1-12H,13-14H2/b24-12-. The Hall–Kier alpha value is -2.71. The van der Waals surface area contributed by atoms with E-state index in [1.54, 1.807) is 18.3 Å². The molecule has 29 heavy (non-hydrogen) atoms. The maximum absolute atomic E-state index is 10.8. The lowest BCUT2D eigenvalue weighted by Crippen LogP contribution is -1.96. The molecule has 0 bridgehead atoms. The van der Waals surface area contributed by atoms with Gasteiger partial charge in [-0.2, -0.15) is 0 Å². The Morgan fingerprint density at radius 3 is 2.48 bits per heavy atom. The van der Waals surface area contributed by atoms with Crippen LogP contribution in [0.25, 0.3) is 0 Å². The number of oxime groups is 1. The lowest BCUT2D eigenvalue weighted by atomic mass is 10.2. The van der Waals surface area contributed by atoms with Crippen LogP contribution >= 0.6 is 31.9 Å². The molecular weight excluding hydrogens is 504 g/mol. The van der Waals surface area contributed by atoms with Gasteiger partial charge in [-0.3, -0.25) is 10.1 Å². The van der Waals surface area contributed by atoms with Crippen molar-refractivity contribution in [1.29, 1.82) is 0 Å². The van der Waals surface area contributed by atoms with Crippen molar-refractivity contribution in [3.8, 4) is 5.75 Å². The fourth-order valence-corrected chi connectivity index (χ4v) is 3.20. The number of benzene rings is 3. The minimum absolute atomic E-state index is 0.0257. The van der Waals surface area contributed by atoms with Gasteiger partial charge in [0.05, 0.1) is 15.6 Å². The molecule has 0 unspecified atom stereocenters. The van der Waals surface area contributed by atoms with Crippen LogP contribution in [0.15, 0.2) is 80.8 Å². The monoisotopic (exact) mass is 518 g/mol. The van der Waals surface area contributed by atoms with Gasteiger partial charge in [0, 0.05) is 16.6 Å². The summed E-state index contributed by atoms with van der Waals surface area (Å²) in [6.45, 7) is 0.610. The highest BCUT2D eigenvalue weighted by atomic mass is 79.9. The molecule has 3 aromatic rings. The van der Waals surface area contributed by atoms with Crippen molar-refractivity contribution < 1.29 is 14.5 Å². The minimum Gasteiger partial charge on any atom is -0.488 e. The van der Waals surface area contributed by atoms with Gasteiger partial charge in [-0.15, -0.1) is 0 Å². The van der Waals surface area contributed by atoms with Crippen LogP contribution in [0.1, 0.15) is 16.7 Å². The number of rotatable bonds is 8. The number of ether oxygens (including phenoxy) is 1. The van der Waals surface area contributed by atoms with Gasteiger partial charge in [0.1, 0.15) is 19.0 Å². The first-order valence-electron chi connectivity index (χ1n) is 8.57. The first-order valence-corrected chi connectivity index (χ1v) is 10.2. The number of nitro groups is 1. The van der Waals surface area contributed by atoms with E-state index < -0.39 is 4.92 Å². The summed E-state index contributed by atoms with van der Waals surface area (Å²) in [5, 5.41) is 14.7. The predicted molar refractivity (Wildman–Crippen MR) is 118 cm³/mol. The van der Waals surface area contributed by atoms with Crippen LogP contribution in [0.4, 0.5) is 5.69 Å². The topological polar surface area (TPSA) is 74.0 Å². The van der Waals surface area contributed by atoms with E-state index in [-0.39, 0.29) is 12.3 Å². The fraction of sp³-hybridized carbons (Fsp3) is 0.0952. The van der Waals surface area contributed by atoms with Gasteiger partial charge in [-0.1, -0.05) is 45.4 Å². The number of nitro benzene ring substituents is 1. The van der Waals surface area contributed by atoms with E-state index in [2.05, 4.69) is 37.0 Å². The summed E-state index contributed by atoms with van der Waals surface area (Å²) in [5.74, 6) is 0.725. The molecule has 0 spiro atoms. The molecule has 0 saturated heterocycles. The minimum atomic E-state index is -0.440. The molecule has 3 aromatic carbocycles. The molecule has 0 aromatic heterocycles. The van der Waals surface area contributed by atoms with E-state index in [0.29, 0.717) is 12.2 Å². The van der Waals surface area contributed by atoms with Crippen molar-refractivity contribution in [3.05, 3.63) is 102 Å². The Balaban J connectivity index is 1.53. The second-order valence-corrected chi connectivity index (χ2v) is 7.81. The van der Waals surface area contributed by atoms with Crippen molar-refractivity contribution in [2.75, 3.05) is 0 Å². The van der Waals surface area contributed by atoms with Crippen LogP contribution in [0.2, 0.25) is 0 Å². The number of hydrogen-bond donors (Lipinski definition) is 0. The van der Waals surface area contributed by atoms with E-state index in [1.807, 2.05) is 42.5 Å². The Bertz CT molecular complexity index is 1020. The van der Waals surface area contributed by atoms with Crippen LogP contribution < -0.4 is 4.74 Å². The Kier molecular flexibility index (Phi) is 7.37. The largest absolute Gasteiger partial charge is 0.488 e. The number of nitrogens with zero attached hydrogens (tertiary/aromatic N) is 2. The highest BCUT2D eigenvalue weighted by molar-refractivity contribution is 9.10. The average molecular weight is 520 g/mol. The molecule has 0 N–H and O–H groups in total. The first kappa shape index (κ1) is 21.0. The lowest BCUT2D eigenvalue weighted by Gasteiger charge is -2.09. The molecule has 6 nitrogen and oxygen atoms in total. The maximum Gasteiger partial charge on any atom is 0.269 e. The predicted octanol–water partition coefficient (Wildman–Crippen LogP) is 6.25. The third-order valence-corrected chi connectivity index (χ3v) is 5.04. The van der Waals surface area contributed by atoms with Crippen LogP contribution in [0, 0.1) is 10.1 Å². The zero-order valence-electron chi connectivity index (χ0n) is 15.1. The molecule has 148 valence electrons. The van der Waals surface area contributed by atoms with Gasteiger partial charge in [0.2, 0.25) is 0 Å². The summed E-state index contributed by atoms with van der Waals surface area (Å²) < 4.78 is 7.67. The molecule has 0 aliphatic carbocycles. The molecule has 0 fully saturated rings. The average Bonchev–Trinajstić information content (AvgIpc) is 2.72. The molecule has 0 amide bonds. The first-order chi connectivity index (χ1) is 14.0. The van der Waals surface area contributed by atoms with Crippen LogP contribution in [0.5, 0.6) is 5.75 Å². The van der Waals surface area contributed by atoms with Gasteiger partial charge >= 0.3 is 0 Å². The summed E-state index contributed by atoms with van der Waals surface area (Å²) in [5.41, 5.74) is 2.60. The van der Waals surface area contributed by atoms with Crippen LogP contribution in [-0.2, 0) is 18.1 Å². The Morgan fingerprint density at radius 2 is 1.76 bits per heavy atom. The Morgan fingerprint density at radius 1 is 0.966 bits per heavy atom. The number of halogens is 2. The molecule has 0 aliphatic rings. The summed E-state index contributed by atoms with van der Waals surface area (Å²) in [4.78, 5) is 15.6. The van der Waals surface area contributed by atoms with E-state index in [9.17, 15) is 10.1 Å². The summed E-state index contributed by atoms with van der Waals surface area (Å²) in [7, 11) is 0. The highest BCUT2D eigenvalue weighted by Crippen LogP contribution is 2.26. The van der Waals surface area contributed by atoms with Crippen molar-refractivity contribution in [1.82, 2.24) is 0 Å². The van der Waals surface area contributed by atoms with Crippen molar-refractivity contribution in [3.63, 3.8) is 0 Å². The zero-order valence-corrected chi connectivity index (χ0v) is 18.3. The smallest absolute Gasteiger partial charge is 0.269 e. The highest BCUT2D eigenvalue weighted by Gasteiger charge is 2.06. The second kappa shape index (κ2) is 10.2. The molecule has 0 heterocycles. The molecular formula is C21H16Br2N2O4. The zero-order chi connectivity index (χ0) is 20.6. The van der Waals surface area contributed by atoms with Crippen LogP contribution in [-0.4, -0.2) is 11.1 Å². The summed E-state index contributed by atoms with van der Waals surface area (Å²) in [6.07, 6.45) is 1.57. The van der Waals surface area contributed by atoms with E-state index in [1.165, 1.54) is 12.1 Å². The molecule has 0 atom stereocenters. The lowest BCUT2D eigenvalue weighted by molar-refractivity contribution is -0.384. The van der Waals surface area contributed by atoms with E-state index >= 15 is 0 Å². The van der Waals surface area contributed by atoms with Gasteiger partial charge in [0.25, 0.3) is 5.69 Å². The molecule has 0 radical (unpaired) electrons. The molecule has 0 aliphatic heterocycles. The third kappa shape index (κ3) is 6.40. The van der Waals surface area contributed by atoms with Crippen molar-refractivity contribution in [2.24, 2.45) is 5.16 Å². The SMILES string of the molecule is O=[N+]([O-])c1cccc(CO/N=C\c2ccc(OCc3ccc(Br)cc3)c(Br)c2)c1. The summed E-state index contributed by atoms with van der Waals surface area (Å²) >= 11 is 6.91. The summed E-state index contributed by atoms with van der Waals surface area (Å²) in [6, 6.07) is 19.8. The van der Waals surface area contributed by atoms with Crippen LogP contribution in [0.3, 0.4) is 0 Å². The van der Waals surface area contributed by atoms with Crippen molar-refractivity contribution >= 4 is 43.8 Å². The molecule has 3 rings (SSSR count). The van der Waals surface area contributed by atoms with Gasteiger partial charge in [0.15, 0.2) is 0 Å². The third-order valence-electron chi connectivity index (χ3n) is 3.89. The number of hydrogen-bond acceptors (Lipinski definition) is 5. The van der Waals surface area contributed by atoms with Gasteiger partial charge in [-0.05, 0) is 63.0 Å². The van der Waals surface area contributed by atoms with Crippen molar-refractivity contribution in [2.45, 2.75) is 13.2 Å². The van der Waals surface area contributed by atoms with E-state index in [0.717, 1.165) is 25.8 Å². The number of non-ortho nitro benzene ring substituents is 1. The van der Waals surface area contributed by atoms with E-state index in [4.69, 9.17) is 9.57 Å². The molecule has 0 saturated carbocycles. The molecule has 8 heteroatoms. The quantitative estimate of drug-likeness (QED) is 0.200. The fourth-order valence-electron chi connectivity index (χ4n) is 2.43.